The van der Waals surface area contributed by atoms with Crippen LogP contribution < -0.4 is 16.0 Å². The van der Waals surface area contributed by atoms with Gasteiger partial charge in [-0.15, -0.1) is 0 Å². The van der Waals surface area contributed by atoms with Crippen LogP contribution in [0.25, 0.3) is 0 Å². The normalized spacial score (nSPS) is 11.7. The number of anilines is 1. The number of hydrogen-bond donors (Lipinski definition) is 2. The van der Waals surface area contributed by atoms with Crippen LogP contribution >= 0.6 is 0 Å². The highest BCUT2D eigenvalue weighted by Gasteiger charge is 2.00. The molecule has 17 heavy (non-hydrogen) atoms. The van der Waals surface area contributed by atoms with Gasteiger partial charge in [-0.25, -0.2) is 9.98 Å². The molecule has 1 aromatic heterocycles. The fourth-order valence-corrected chi connectivity index (χ4v) is 1.31. The largest absolute Gasteiger partial charge is 0.370 e. The van der Waals surface area contributed by atoms with Gasteiger partial charge in [0.1, 0.15) is 5.82 Å². The number of hydrogen-bond acceptors (Lipinski definition) is 3. The van der Waals surface area contributed by atoms with Crippen LogP contribution in [-0.4, -0.2) is 31.1 Å². The highest BCUT2D eigenvalue weighted by atomic mass is 15.1. The quantitative estimate of drug-likeness (QED) is 0.602. The van der Waals surface area contributed by atoms with Crippen LogP contribution in [0.5, 0.6) is 0 Å². The molecule has 0 saturated heterocycles. The molecule has 0 radical (unpaired) electrons. The topological polar surface area (TPSA) is 66.5 Å². The lowest BCUT2D eigenvalue weighted by Crippen LogP contribution is -2.36. The van der Waals surface area contributed by atoms with E-state index in [9.17, 15) is 0 Å². The monoisotopic (exact) mass is 235 g/mol. The smallest absolute Gasteiger partial charge is 0.189 e. The Balaban J connectivity index is 2.66. The minimum absolute atomic E-state index is 0.291. The maximum absolute atomic E-state index is 5.72. The highest BCUT2D eigenvalue weighted by molar-refractivity contribution is 5.78. The highest BCUT2D eigenvalue weighted by Crippen LogP contribution is 2.08. The zero-order valence-electron chi connectivity index (χ0n) is 10.9. The molecule has 1 rings (SSSR count). The number of nitrogens with zero attached hydrogens (tertiary/aromatic N) is 3. The first-order valence-corrected chi connectivity index (χ1v) is 5.68. The van der Waals surface area contributed by atoms with Gasteiger partial charge in [0.25, 0.3) is 0 Å². The van der Waals surface area contributed by atoms with E-state index in [2.05, 4.69) is 15.3 Å². The van der Waals surface area contributed by atoms with Gasteiger partial charge in [0, 0.05) is 20.1 Å². The zero-order chi connectivity index (χ0) is 12.8. The fraction of sp³-hybridized carbons (Fsp3) is 0.500. The third kappa shape index (κ3) is 4.72. The summed E-state index contributed by atoms with van der Waals surface area (Å²) >= 11 is 0. The van der Waals surface area contributed by atoms with Crippen LogP contribution in [-0.2, 0) is 6.54 Å². The van der Waals surface area contributed by atoms with E-state index in [1.165, 1.54) is 0 Å². The van der Waals surface area contributed by atoms with Crippen molar-refractivity contribution in [3.63, 3.8) is 0 Å². The van der Waals surface area contributed by atoms with Crippen molar-refractivity contribution in [2.75, 3.05) is 19.0 Å². The van der Waals surface area contributed by atoms with E-state index in [0.717, 1.165) is 11.5 Å². The number of nitrogens with two attached hydrogens (primary N) is 1. The summed E-state index contributed by atoms with van der Waals surface area (Å²) in [6.07, 6.45) is 0. The molecule has 0 fully saturated rings. The molecule has 94 valence electrons. The number of pyridine rings is 1. The van der Waals surface area contributed by atoms with E-state index in [0.29, 0.717) is 18.5 Å². The SMILES string of the molecule is CC(C)NC(N)=NCc1cccc(N(C)C)n1. The van der Waals surface area contributed by atoms with Gasteiger partial charge in [-0.2, -0.15) is 0 Å². The lowest BCUT2D eigenvalue weighted by Gasteiger charge is -2.12. The Morgan fingerprint density at radius 3 is 2.76 bits per heavy atom. The molecule has 0 amide bonds. The second-order valence-corrected chi connectivity index (χ2v) is 4.38. The van der Waals surface area contributed by atoms with Crippen LogP contribution in [0.2, 0.25) is 0 Å². The zero-order valence-corrected chi connectivity index (χ0v) is 10.9. The third-order valence-corrected chi connectivity index (χ3v) is 2.10. The van der Waals surface area contributed by atoms with Gasteiger partial charge in [-0.05, 0) is 26.0 Å². The van der Waals surface area contributed by atoms with Crippen molar-refractivity contribution in [3.8, 4) is 0 Å². The van der Waals surface area contributed by atoms with Gasteiger partial charge < -0.3 is 16.0 Å². The van der Waals surface area contributed by atoms with E-state index < -0.39 is 0 Å². The molecule has 5 heteroatoms. The molecule has 0 aromatic carbocycles. The lowest BCUT2D eigenvalue weighted by molar-refractivity contribution is 0.723. The van der Waals surface area contributed by atoms with Crippen molar-refractivity contribution in [3.05, 3.63) is 23.9 Å². The third-order valence-electron chi connectivity index (χ3n) is 2.10. The Bertz CT molecular complexity index is 384. The minimum atomic E-state index is 0.291. The number of rotatable bonds is 4. The summed E-state index contributed by atoms with van der Waals surface area (Å²) in [5.41, 5.74) is 6.63. The average molecular weight is 235 g/mol. The van der Waals surface area contributed by atoms with Gasteiger partial charge in [0.15, 0.2) is 5.96 Å². The van der Waals surface area contributed by atoms with Crippen LogP contribution in [0.4, 0.5) is 5.82 Å². The summed E-state index contributed by atoms with van der Waals surface area (Å²) in [7, 11) is 3.92. The fourth-order valence-electron chi connectivity index (χ4n) is 1.31. The second kappa shape index (κ2) is 6.08. The van der Waals surface area contributed by atoms with Crippen molar-refractivity contribution in [2.45, 2.75) is 26.4 Å². The van der Waals surface area contributed by atoms with Gasteiger partial charge >= 0.3 is 0 Å². The summed E-state index contributed by atoms with van der Waals surface area (Å²) in [6.45, 7) is 4.54. The van der Waals surface area contributed by atoms with Crippen molar-refractivity contribution < 1.29 is 0 Å². The predicted octanol–water partition coefficient (Wildman–Crippen LogP) is 0.960. The molecular weight excluding hydrogens is 214 g/mol. The number of aromatic nitrogens is 1. The number of guanidine groups is 1. The average Bonchev–Trinajstić information content (AvgIpc) is 2.26. The van der Waals surface area contributed by atoms with Crippen LogP contribution in [0, 0.1) is 0 Å². The molecule has 0 unspecified atom stereocenters. The van der Waals surface area contributed by atoms with Gasteiger partial charge in [0.05, 0.1) is 12.2 Å². The van der Waals surface area contributed by atoms with Crippen molar-refractivity contribution in [1.29, 1.82) is 0 Å². The van der Waals surface area contributed by atoms with Crippen LogP contribution in [0.15, 0.2) is 23.2 Å². The second-order valence-electron chi connectivity index (χ2n) is 4.38. The lowest BCUT2D eigenvalue weighted by atomic mass is 10.3. The van der Waals surface area contributed by atoms with E-state index in [4.69, 9.17) is 5.73 Å². The Labute approximate surface area is 103 Å². The van der Waals surface area contributed by atoms with E-state index in [1.807, 2.05) is 51.0 Å². The summed E-state index contributed by atoms with van der Waals surface area (Å²) in [6, 6.07) is 6.17. The van der Waals surface area contributed by atoms with Crippen LogP contribution in [0.3, 0.4) is 0 Å². The maximum Gasteiger partial charge on any atom is 0.189 e. The molecule has 0 aliphatic carbocycles. The molecule has 3 N–H and O–H groups in total. The first-order valence-electron chi connectivity index (χ1n) is 5.68. The standard InChI is InChI=1S/C12H21N5/c1-9(2)15-12(13)14-8-10-6-5-7-11(16-10)17(3)4/h5-7,9H,8H2,1-4H3,(H3,13,14,15). The number of nitrogens with one attached hydrogen (secondary N) is 1. The Hall–Kier alpha value is -1.78. The first-order chi connectivity index (χ1) is 7.99. The van der Waals surface area contributed by atoms with E-state index in [1.54, 1.807) is 0 Å². The molecule has 1 aromatic rings. The molecule has 0 bridgehead atoms. The molecule has 0 aliphatic rings. The van der Waals surface area contributed by atoms with Crippen molar-refractivity contribution in [1.82, 2.24) is 10.3 Å². The summed E-state index contributed by atoms with van der Waals surface area (Å²) in [5.74, 6) is 1.38. The Kier molecular flexibility index (Phi) is 4.75. The van der Waals surface area contributed by atoms with E-state index >= 15 is 0 Å². The molecule has 0 saturated carbocycles. The predicted molar refractivity (Wildman–Crippen MR) is 72.2 cm³/mol. The summed E-state index contributed by atoms with van der Waals surface area (Å²) < 4.78 is 0. The van der Waals surface area contributed by atoms with Gasteiger partial charge in [-0.1, -0.05) is 6.07 Å². The Morgan fingerprint density at radius 2 is 2.18 bits per heavy atom. The maximum atomic E-state index is 5.72. The molecule has 1 heterocycles. The summed E-state index contributed by atoms with van der Waals surface area (Å²) in [5, 5.41) is 3.04. The minimum Gasteiger partial charge on any atom is -0.370 e. The molecule has 0 atom stereocenters. The van der Waals surface area contributed by atoms with Crippen molar-refractivity contribution in [2.24, 2.45) is 10.7 Å². The van der Waals surface area contributed by atoms with Crippen molar-refractivity contribution >= 4 is 11.8 Å². The van der Waals surface area contributed by atoms with Crippen LogP contribution in [0.1, 0.15) is 19.5 Å². The summed E-state index contributed by atoms with van der Waals surface area (Å²) in [4.78, 5) is 10.7. The van der Waals surface area contributed by atoms with Gasteiger partial charge in [-0.3, -0.25) is 0 Å². The molecular formula is C12H21N5. The number of aliphatic imine (C=N–C) groups is 1. The molecule has 0 aliphatic heterocycles. The van der Waals surface area contributed by atoms with E-state index in [-0.39, 0.29) is 0 Å². The first kappa shape index (κ1) is 13.3. The molecule has 0 spiro atoms. The molecule has 5 nitrogen and oxygen atoms in total. The van der Waals surface area contributed by atoms with Gasteiger partial charge in [0.2, 0.25) is 0 Å². The Morgan fingerprint density at radius 1 is 1.47 bits per heavy atom.